The van der Waals surface area contributed by atoms with Crippen LogP contribution in [0.2, 0.25) is 0 Å². The number of halogens is 3. The summed E-state index contributed by atoms with van der Waals surface area (Å²) in [5, 5.41) is 0. The van der Waals surface area contributed by atoms with Gasteiger partial charge in [-0.1, -0.05) is 12.1 Å². The summed E-state index contributed by atoms with van der Waals surface area (Å²) in [6, 6.07) is 8.91. The molecule has 0 atom stereocenters. The van der Waals surface area contributed by atoms with Gasteiger partial charge in [0.15, 0.2) is 11.5 Å². The summed E-state index contributed by atoms with van der Waals surface area (Å²) >= 11 is 0. The molecule has 0 heterocycles. The van der Waals surface area contributed by atoms with Gasteiger partial charge in [-0.15, -0.1) is 0 Å². The predicted molar refractivity (Wildman–Crippen MR) is 94.5 cm³/mol. The number of nitrogens with zero attached hydrogens (tertiary/aromatic N) is 1. The molecule has 0 amide bonds. The largest absolute Gasteiger partial charge is 0.493 e. The lowest BCUT2D eigenvalue weighted by atomic mass is 10.1. The number of alkyl halides is 3. The van der Waals surface area contributed by atoms with E-state index < -0.39 is 26.7 Å². The predicted octanol–water partition coefficient (Wildman–Crippen LogP) is 3.59. The van der Waals surface area contributed by atoms with Gasteiger partial charge in [-0.25, -0.2) is 12.7 Å². The molecule has 27 heavy (non-hydrogen) atoms. The number of sulfonamides is 1. The van der Waals surface area contributed by atoms with Gasteiger partial charge < -0.3 is 9.47 Å². The van der Waals surface area contributed by atoms with Gasteiger partial charge in [-0.3, -0.25) is 0 Å². The van der Waals surface area contributed by atoms with Crippen molar-refractivity contribution in [2.75, 3.05) is 27.8 Å². The second-order valence-corrected chi connectivity index (χ2v) is 7.84. The SMILES string of the molecule is COc1ccc(CCN(C)S(=O)(=O)c2cccc(C(F)(F)F)c2)cc1OC. The van der Waals surface area contributed by atoms with E-state index in [9.17, 15) is 21.6 Å². The molecule has 5 nitrogen and oxygen atoms in total. The summed E-state index contributed by atoms with van der Waals surface area (Å²) in [5.74, 6) is 1.06. The number of rotatable bonds is 7. The van der Waals surface area contributed by atoms with Crippen LogP contribution in [0.1, 0.15) is 11.1 Å². The van der Waals surface area contributed by atoms with Crippen molar-refractivity contribution in [3.05, 3.63) is 53.6 Å². The summed E-state index contributed by atoms with van der Waals surface area (Å²) < 4.78 is 75.0. The van der Waals surface area contributed by atoms with Crippen molar-refractivity contribution >= 4 is 10.0 Å². The molecule has 0 radical (unpaired) electrons. The number of ether oxygens (including phenoxy) is 2. The van der Waals surface area contributed by atoms with E-state index in [4.69, 9.17) is 9.47 Å². The van der Waals surface area contributed by atoms with Gasteiger partial charge in [0.2, 0.25) is 10.0 Å². The molecular weight excluding hydrogens is 383 g/mol. The van der Waals surface area contributed by atoms with Crippen LogP contribution in [0.4, 0.5) is 13.2 Å². The second-order valence-electron chi connectivity index (χ2n) is 5.79. The number of hydrogen-bond donors (Lipinski definition) is 0. The zero-order valence-electron chi connectivity index (χ0n) is 15.1. The van der Waals surface area contributed by atoms with E-state index in [-0.39, 0.29) is 6.54 Å². The first-order valence-electron chi connectivity index (χ1n) is 7.94. The molecule has 0 spiro atoms. The first-order chi connectivity index (χ1) is 12.6. The van der Waals surface area contributed by atoms with Crippen LogP contribution in [0, 0.1) is 0 Å². The molecule has 0 aliphatic carbocycles. The number of methoxy groups -OCH3 is 2. The Bertz CT molecular complexity index is 898. The highest BCUT2D eigenvalue weighted by Crippen LogP contribution is 2.31. The van der Waals surface area contributed by atoms with Crippen molar-refractivity contribution in [1.82, 2.24) is 4.31 Å². The van der Waals surface area contributed by atoms with E-state index in [0.29, 0.717) is 24.0 Å². The van der Waals surface area contributed by atoms with Gasteiger partial charge in [0.05, 0.1) is 24.7 Å². The van der Waals surface area contributed by atoms with E-state index in [1.165, 1.54) is 21.3 Å². The van der Waals surface area contributed by atoms with Gasteiger partial charge in [-0.2, -0.15) is 13.2 Å². The average molecular weight is 403 g/mol. The van der Waals surface area contributed by atoms with Crippen molar-refractivity contribution < 1.29 is 31.1 Å². The molecule has 0 saturated carbocycles. The number of hydrogen-bond acceptors (Lipinski definition) is 4. The Hall–Kier alpha value is -2.26. The third-order valence-electron chi connectivity index (χ3n) is 4.03. The van der Waals surface area contributed by atoms with Gasteiger partial charge in [0.25, 0.3) is 0 Å². The molecule has 2 aromatic rings. The Morgan fingerprint density at radius 2 is 1.67 bits per heavy atom. The average Bonchev–Trinajstić information content (AvgIpc) is 2.65. The van der Waals surface area contributed by atoms with Crippen molar-refractivity contribution in [2.24, 2.45) is 0 Å². The molecule has 0 fully saturated rings. The van der Waals surface area contributed by atoms with Crippen molar-refractivity contribution in [1.29, 1.82) is 0 Å². The molecule has 9 heteroatoms. The summed E-state index contributed by atoms with van der Waals surface area (Å²) in [4.78, 5) is -0.396. The van der Waals surface area contributed by atoms with Gasteiger partial charge >= 0.3 is 6.18 Å². The Morgan fingerprint density at radius 3 is 2.26 bits per heavy atom. The lowest BCUT2D eigenvalue weighted by Crippen LogP contribution is -2.29. The van der Waals surface area contributed by atoms with E-state index >= 15 is 0 Å². The van der Waals surface area contributed by atoms with Crippen LogP contribution in [-0.2, 0) is 22.6 Å². The van der Waals surface area contributed by atoms with E-state index in [1.807, 2.05) is 0 Å². The fraction of sp³-hybridized carbons (Fsp3) is 0.333. The first-order valence-corrected chi connectivity index (χ1v) is 9.38. The number of benzene rings is 2. The van der Waals surface area contributed by atoms with Gasteiger partial charge in [0.1, 0.15) is 0 Å². The number of likely N-dealkylation sites (N-methyl/N-ethyl adjacent to an activating group) is 1. The monoisotopic (exact) mass is 403 g/mol. The van der Waals surface area contributed by atoms with Crippen LogP contribution in [0.5, 0.6) is 11.5 Å². The highest BCUT2D eigenvalue weighted by Gasteiger charge is 2.32. The van der Waals surface area contributed by atoms with Crippen LogP contribution in [0.15, 0.2) is 47.4 Å². The maximum absolute atomic E-state index is 12.8. The fourth-order valence-corrected chi connectivity index (χ4v) is 3.67. The summed E-state index contributed by atoms with van der Waals surface area (Å²) in [6.07, 6.45) is -4.25. The van der Waals surface area contributed by atoms with E-state index in [0.717, 1.165) is 28.1 Å². The summed E-state index contributed by atoms with van der Waals surface area (Å²) in [5.41, 5.74) is -0.199. The maximum atomic E-state index is 12.8. The summed E-state index contributed by atoms with van der Waals surface area (Å²) in [6.45, 7) is 0.0913. The molecular formula is C18H20F3NO4S. The Balaban J connectivity index is 2.16. The third-order valence-corrected chi connectivity index (χ3v) is 5.89. The van der Waals surface area contributed by atoms with Crippen LogP contribution in [0.3, 0.4) is 0 Å². The zero-order valence-corrected chi connectivity index (χ0v) is 15.9. The minimum Gasteiger partial charge on any atom is -0.493 e. The zero-order chi connectivity index (χ0) is 20.2. The molecule has 0 bridgehead atoms. The highest BCUT2D eigenvalue weighted by atomic mass is 32.2. The Morgan fingerprint density at radius 1 is 1.00 bits per heavy atom. The van der Waals surface area contributed by atoms with E-state index in [2.05, 4.69) is 0 Å². The Kier molecular flexibility index (Phi) is 6.38. The topological polar surface area (TPSA) is 55.8 Å². The smallest absolute Gasteiger partial charge is 0.416 e. The minimum atomic E-state index is -4.61. The minimum absolute atomic E-state index is 0.0913. The van der Waals surface area contributed by atoms with Gasteiger partial charge in [0, 0.05) is 13.6 Å². The molecule has 0 aromatic heterocycles. The van der Waals surface area contributed by atoms with Crippen LogP contribution < -0.4 is 9.47 Å². The highest BCUT2D eigenvalue weighted by molar-refractivity contribution is 7.89. The summed E-state index contributed by atoms with van der Waals surface area (Å²) in [7, 11) is 0.285. The molecule has 0 aliphatic rings. The fourth-order valence-electron chi connectivity index (χ4n) is 2.46. The third kappa shape index (κ3) is 4.92. The Labute approximate surface area is 156 Å². The maximum Gasteiger partial charge on any atom is 0.416 e. The molecule has 0 unspecified atom stereocenters. The van der Waals surface area contributed by atoms with Crippen LogP contribution in [-0.4, -0.2) is 40.5 Å². The van der Waals surface area contributed by atoms with Crippen molar-refractivity contribution in [2.45, 2.75) is 17.5 Å². The quantitative estimate of drug-likeness (QED) is 0.709. The first kappa shape index (κ1) is 21.0. The normalized spacial score (nSPS) is 12.3. The van der Waals surface area contributed by atoms with Gasteiger partial charge in [-0.05, 0) is 42.3 Å². The van der Waals surface area contributed by atoms with Crippen molar-refractivity contribution in [3.8, 4) is 11.5 Å². The molecule has 2 aromatic carbocycles. The standard InChI is InChI=1S/C18H20F3NO4S/c1-22(10-9-13-7-8-16(25-2)17(11-13)26-3)27(23,24)15-6-4-5-14(12-15)18(19,20)21/h4-8,11-12H,9-10H2,1-3H3. The van der Waals surface area contributed by atoms with Crippen LogP contribution in [0.25, 0.3) is 0 Å². The molecule has 148 valence electrons. The van der Waals surface area contributed by atoms with Crippen LogP contribution >= 0.6 is 0 Å². The van der Waals surface area contributed by atoms with Crippen molar-refractivity contribution in [3.63, 3.8) is 0 Å². The lowest BCUT2D eigenvalue weighted by Gasteiger charge is -2.18. The van der Waals surface area contributed by atoms with E-state index in [1.54, 1.807) is 18.2 Å². The second kappa shape index (κ2) is 8.18. The molecule has 0 saturated heterocycles. The molecule has 0 N–H and O–H groups in total. The molecule has 0 aliphatic heterocycles. The molecule has 2 rings (SSSR count). The lowest BCUT2D eigenvalue weighted by molar-refractivity contribution is -0.137.